The van der Waals surface area contributed by atoms with Crippen LogP contribution in [-0.4, -0.2) is 10.7 Å². The van der Waals surface area contributed by atoms with E-state index in [0.29, 0.717) is 11.8 Å². The Bertz CT molecular complexity index is 106. The first kappa shape index (κ1) is 8.06. The van der Waals surface area contributed by atoms with Gasteiger partial charge in [-0.2, -0.15) is 0 Å². The van der Waals surface area contributed by atoms with Crippen LogP contribution in [0.5, 0.6) is 0 Å². The summed E-state index contributed by atoms with van der Waals surface area (Å²) in [5.74, 6) is 1.41. The summed E-state index contributed by atoms with van der Waals surface area (Å²) in [5, 5.41) is 9.72. The lowest BCUT2D eigenvalue weighted by atomic mass is 9.75. The van der Waals surface area contributed by atoms with Crippen LogP contribution in [0.15, 0.2) is 0 Å². The van der Waals surface area contributed by atoms with Crippen molar-refractivity contribution in [3.05, 3.63) is 0 Å². The van der Waals surface area contributed by atoms with Crippen LogP contribution < -0.4 is 0 Å². The summed E-state index contributed by atoms with van der Waals surface area (Å²) in [6.45, 7) is 6.41. The van der Waals surface area contributed by atoms with Gasteiger partial charge in [0.1, 0.15) is 0 Å². The van der Waals surface area contributed by atoms with E-state index in [1.54, 1.807) is 0 Å². The molecule has 0 heterocycles. The maximum Gasteiger partial charge on any atom is 0.0624 e. The van der Waals surface area contributed by atoms with Crippen molar-refractivity contribution in [1.29, 1.82) is 0 Å². The smallest absolute Gasteiger partial charge is 0.0624 e. The largest absolute Gasteiger partial charge is 0.390 e. The molecule has 2 unspecified atom stereocenters. The van der Waals surface area contributed by atoms with Gasteiger partial charge in [0.05, 0.1) is 5.60 Å². The molecule has 10 heavy (non-hydrogen) atoms. The van der Waals surface area contributed by atoms with Crippen molar-refractivity contribution < 1.29 is 5.11 Å². The fourth-order valence-corrected chi connectivity index (χ4v) is 2.44. The molecule has 1 aliphatic carbocycles. The second kappa shape index (κ2) is 2.54. The van der Waals surface area contributed by atoms with E-state index in [2.05, 4.69) is 13.8 Å². The summed E-state index contributed by atoms with van der Waals surface area (Å²) < 4.78 is 0. The predicted octanol–water partition coefficient (Wildman–Crippen LogP) is 2.19. The van der Waals surface area contributed by atoms with E-state index < -0.39 is 0 Å². The predicted molar refractivity (Wildman–Crippen MR) is 42.8 cm³/mol. The van der Waals surface area contributed by atoms with Crippen molar-refractivity contribution in [2.45, 2.75) is 45.6 Å². The monoisotopic (exact) mass is 142 g/mol. The molecule has 0 aromatic carbocycles. The van der Waals surface area contributed by atoms with Gasteiger partial charge in [0, 0.05) is 0 Å². The lowest BCUT2D eigenvalue weighted by Gasteiger charge is -2.36. The molecule has 0 aromatic rings. The fraction of sp³-hybridized carbons (Fsp3) is 1.00. The molecular weight excluding hydrogens is 124 g/mol. The van der Waals surface area contributed by atoms with Crippen LogP contribution in [0.3, 0.4) is 0 Å². The minimum atomic E-state index is -0.378. The zero-order valence-corrected chi connectivity index (χ0v) is 7.22. The van der Waals surface area contributed by atoms with Crippen LogP contribution in [-0.2, 0) is 0 Å². The summed E-state index contributed by atoms with van der Waals surface area (Å²) in [7, 11) is 0. The zero-order valence-electron chi connectivity index (χ0n) is 7.22. The molecular formula is C9H18O. The number of rotatable bonds is 0. The molecule has 1 fully saturated rings. The fourth-order valence-electron chi connectivity index (χ4n) is 2.44. The van der Waals surface area contributed by atoms with E-state index in [1.807, 2.05) is 6.92 Å². The normalized spacial score (nSPS) is 49.2. The quantitative estimate of drug-likeness (QED) is 0.549. The van der Waals surface area contributed by atoms with Gasteiger partial charge in [0.15, 0.2) is 0 Å². The topological polar surface area (TPSA) is 20.2 Å². The Kier molecular flexibility index (Phi) is 2.04. The van der Waals surface area contributed by atoms with E-state index in [-0.39, 0.29) is 5.60 Å². The molecule has 0 radical (unpaired) electrons. The standard InChI is InChI=1S/C9H18O/c1-7-4-8(2)6-9(3,10)5-7/h7-8,10H,4-6H2,1-3H3. The second-order valence-corrected chi connectivity index (χ2v) is 4.35. The van der Waals surface area contributed by atoms with Crippen molar-refractivity contribution >= 4 is 0 Å². The lowest BCUT2D eigenvalue weighted by molar-refractivity contribution is -0.0146. The Morgan fingerprint density at radius 2 is 1.60 bits per heavy atom. The van der Waals surface area contributed by atoms with Gasteiger partial charge in [-0.25, -0.2) is 0 Å². The third-order valence-electron chi connectivity index (χ3n) is 2.38. The number of hydrogen-bond acceptors (Lipinski definition) is 1. The first-order valence-corrected chi connectivity index (χ1v) is 4.22. The molecule has 0 spiro atoms. The molecule has 60 valence electrons. The van der Waals surface area contributed by atoms with Gasteiger partial charge in [0.25, 0.3) is 0 Å². The van der Waals surface area contributed by atoms with Gasteiger partial charge in [0.2, 0.25) is 0 Å². The Balaban J connectivity index is 2.51. The first-order chi connectivity index (χ1) is 4.49. The Morgan fingerprint density at radius 3 is 1.90 bits per heavy atom. The van der Waals surface area contributed by atoms with E-state index >= 15 is 0 Å². The van der Waals surface area contributed by atoms with Crippen molar-refractivity contribution in [3.63, 3.8) is 0 Å². The van der Waals surface area contributed by atoms with E-state index in [0.717, 1.165) is 12.8 Å². The SMILES string of the molecule is CC1CC(C)CC(C)(O)C1. The van der Waals surface area contributed by atoms with Crippen LogP contribution in [0.2, 0.25) is 0 Å². The van der Waals surface area contributed by atoms with Crippen molar-refractivity contribution in [3.8, 4) is 0 Å². The van der Waals surface area contributed by atoms with Crippen molar-refractivity contribution in [1.82, 2.24) is 0 Å². The minimum Gasteiger partial charge on any atom is -0.390 e. The van der Waals surface area contributed by atoms with Crippen LogP contribution in [0.1, 0.15) is 40.0 Å². The van der Waals surface area contributed by atoms with E-state index in [4.69, 9.17) is 0 Å². The van der Waals surface area contributed by atoms with Crippen molar-refractivity contribution in [2.24, 2.45) is 11.8 Å². The highest BCUT2D eigenvalue weighted by molar-refractivity contribution is 4.83. The average Bonchev–Trinajstić information content (AvgIpc) is 1.54. The zero-order chi connectivity index (χ0) is 7.78. The Hall–Kier alpha value is -0.0400. The second-order valence-electron chi connectivity index (χ2n) is 4.35. The van der Waals surface area contributed by atoms with Gasteiger partial charge >= 0.3 is 0 Å². The first-order valence-electron chi connectivity index (χ1n) is 4.22. The van der Waals surface area contributed by atoms with E-state index in [9.17, 15) is 5.11 Å². The number of aliphatic hydroxyl groups is 1. The third kappa shape index (κ3) is 1.98. The maximum atomic E-state index is 9.72. The molecule has 0 amide bonds. The molecule has 2 atom stereocenters. The van der Waals surface area contributed by atoms with Crippen LogP contribution in [0, 0.1) is 11.8 Å². The summed E-state index contributed by atoms with van der Waals surface area (Å²) in [4.78, 5) is 0. The minimum absolute atomic E-state index is 0.378. The molecule has 1 rings (SSSR count). The molecule has 1 heteroatoms. The van der Waals surface area contributed by atoms with Crippen molar-refractivity contribution in [2.75, 3.05) is 0 Å². The Labute approximate surface area is 63.4 Å². The van der Waals surface area contributed by atoms with Gasteiger partial charge in [-0.1, -0.05) is 13.8 Å². The summed E-state index contributed by atoms with van der Waals surface area (Å²) >= 11 is 0. The van der Waals surface area contributed by atoms with Gasteiger partial charge in [-0.05, 0) is 38.0 Å². The molecule has 1 aliphatic rings. The van der Waals surface area contributed by atoms with Gasteiger partial charge < -0.3 is 5.11 Å². The molecule has 0 saturated heterocycles. The highest BCUT2D eigenvalue weighted by atomic mass is 16.3. The van der Waals surface area contributed by atoms with Crippen LogP contribution in [0.25, 0.3) is 0 Å². The third-order valence-corrected chi connectivity index (χ3v) is 2.38. The molecule has 1 nitrogen and oxygen atoms in total. The van der Waals surface area contributed by atoms with Gasteiger partial charge in [-0.3, -0.25) is 0 Å². The summed E-state index contributed by atoms with van der Waals surface area (Å²) in [5.41, 5.74) is -0.378. The molecule has 0 aromatic heterocycles. The highest BCUT2D eigenvalue weighted by Crippen LogP contribution is 2.35. The summed E-state index contributed by atoms with van der Waals surface area (Å²) in [6.07, 6.45) is 3.25. The Morgan fingerprint density at radius 1 is 1.20 bits per heavy atom. The van der Waals surface area contributed by atoms with E-state index in [1.165, 1.54) is 6.42 Å². The molecule has 1 N–H and O–H groups in total. The average molecular weight is 142 g/mol. The van der Waals surface area contributed by atoms with Crippen LogP contribution >= 0.6 is 0 Å². The highest BCUT2D eigenvalue weighted by Gasteiger charge is 2.31. The summed E-state index contributed by atoms with van der Waals surface area (Å²) in [6, 6.07) is 0. The maximum absolute atomic E-state index is 9.72. The number of hydrogen-bond donors (Lipinski definition) is 1. The van der Waals surface area contributed by atoms with Crippen LogP contribution in [0.4, 0.5) is 0 Å². The van der Waals surface area contributed by atoms with Gasteiger partial charge in [-0.15, -0.1) is 0 Å². The molecule has 0 aliphatic heterocycles. The molecule has 1 saturated carbocycles. The lowest BCUT2D eigenvalue weighted by Crippen LogP contribution is -2.34. The molecule has 0 bridgehead atoms.